The molecule has 4 nitrogen and oxygen atoms in total. The number of halogens is 3. The van der Waals surface area contributed by atoms with Gasteiger partial charge in [-0.15, -0.1) is 0 Å². The molecule has 0 spiro atoms. The van der Waals surface area contributed by atoms with E-state index < -0.39 is 19.1 Å². The van der Waals surface area contributed by atoms with Crippen LogP contribution in [0.4, 0.5) is 14.6 Å². The summed E-state index contributed by atoms with van der Waals surface area (Å²) in [5, 5.41) is 10.6. The largest absolute Gasteiger partial charge is 0.390 e. The normalized spacial score (nSPS) is 11.4. The third-order valence-corrected chi connectivity index (χ3v) is 1.57. The summed E-state index contributed by atoms with van der Waals surface area (Å²) in [4.78, 5) is 7.22. The molecule has 0 fully saturated rings. The van der Waals surface area contributed by atoms with Crippen LogP contribution in [0.3, 0.4) is 0 Å². The summed E-state index contributed by atoms with van der Waals surface area (Å²) in [6.07, 6.45) is 1.34. The van der Waals surface area contributed by atoms with Crippen LogP contribution in [-0.2, 0) is 0 Å². The lowest BCUT2D eigenvalue weighted by Crippen LogP contribution is -2.31. The standard InChI is InChI=1S/C7H8ClF2N3O/c8-6-11-2-1-5(13-6)12-3-7(9,10)4-14/h1-2,14H,3-4H2,(H,11,12,13). The molecule has 2 N–H and O–H groups in total. The van der Waals surface area contributed by atoms with E-state index in [-0.39, 0.29) is 11.1 Å². The van der Waals surface area contributed by atoms with Gasteiger partial charge in [-0.3, -0.25) is 0 Å². The quantitative estimate of drug-likeness (QED) is 0.753. The van der Waals surface area contributed by atoms with E-state index in [1.807, 2.05) is 0 Å². The number of hydrogen-bond donors (Lipinski definition) is 2. The molecular weight excluding hydrogens is 216 g/mol. The molecule has 7 heteroatoms. The summed E-state index contributed by atoms with van der Waals surface area (Å²) in [6, 6.07) is 1.40. The average Bonchev–Trinajstić information content (AvgIpc) is 2.15. The van der Waals surface area contributed by atoms with E-state index >= 15 is 0 Å². The Bertz CT molecular complexity index is 311. The van der Waals surface area contributed by atoms with E-state index in [0.29, 0.717) is 0 Å². The summed E-state index contributed by atoms with van der Waals surface area (Å²) in [6.45, 7) is -1.91. The van der Waals surface area contributed by atoms with Crippen LogP contribution in [0.5, 0.6) is 0 Å². The van der Waals surface area contributed by atoms with Gasteiger partial charge in [0.1, 0.15) is 12.4 Å². The van der Waals surface area contributed by atoms with Gasteiger partial charge in [-0.25, -0.2) is 18.7 Å². The topological polar surface area (TPSA) is 58.0 Å². The third kappa shape index (κ3) is 3.39. The number of alkyl halides is 2. The van der Waals surface area contributed by atoms with Gasteiger partial charge in [0.25, 0.3) is 5.92 Å². The van der Waals surface area contributed by atoms with Gasteiger partial charge in [0.2, 0.25) is 5.28 Å². The summed E-state index contributed by atoms with van der Waals surface area (Å²) >= 11 is 5.43. The zero-order valence-electron chi connectivity index (χ0n) is 7.04. The van der Waals surface area contributed by atoms with E-state index in [1.165, 1.54) is 12.3 Å². The van der Waals surface area contributed by atoms with Crippen LogP contribution >= 0.6 is 11.6 Å². The molecule has 14 heavy (non-hydrogen) atoms. The number of aromatic nitrogens is 2. The lowest BCUT2D eigenvalue weighted by atomic mass is 10.3. The van der Waals surface area contributed by atoms with Crippen molar-refractivity contribution in [3.8, 4) is 0 Å². The lowest BCUT2D eigenvalue weighted by Gasteiger charge is -2.13. The minimum Gasteiger partial charge on any atom is -0.390 e. The zero-order chi connectivity index (χ0) is 10.6. The maximum Gasteiger partial charge on any atom is 0.287 e. The molecule has 0 aliphatic carbocycles. The van der Waals surface area contributed by atoms with Crippen molar-refractivity contribution < 1.29 is 13.9 Å². The van der Waals surface area contributed by atoms with Gasteiger partial charge in [-0.05, 0) is 17.7 Å². The second kappa shape index (κ2) is 4.47. The molecule has 1 aromatic rings. The maximum absolute atomic E-state index is 12.6. The molecule has 0 aliphatic rings. The highest BCUT2D eigenvalue weighted by molar-refractivity contribution is 6.28. The number of rotatable bonds is 4. The van der Waals surface area contributed by atoms with Crippen molar-refractivity contribution in [2.45, 2.75) is 5.92 Å². The Morgan fingerprint density at radius 1 is 1.57 bits per heavy atom. The molecule has 0 radical (unpaired) electrons. The van der Waals surface area contributed by atoms with E-state index in [2.05, 4.69) is 15.3 Å². The van der Waals surface area contributed by atoms with Gasteiger partial charge in [0.05, 0.1) is 6.54 Å². The first-order valence-corrected chi connectivity index (χ1v) is 4.12. The number of hydrogen-bond acceptors (Lipinski definition) is 4. The first kappa shape index (κ1) is 11.1. The zero-order valence-corrected chi connectivity index (χ0v) is 7.80. The predicted octanol–water partition coefficient (Wildman–Crippen LogP) is 1.17. The van der Waals surface area contributed by atoms with Crippen LogP contribution in [0.25, 0.3) is 0 Å². The SMILES string of the molecule is OCC(F)(F)CNc1ccnc(Cl)n1. The van der Waals surface area contributed by atoms with Crippen molar-refractivity contribution in [1.29, 1.82) is 0 Å². The Balaban J connectivity index is 2.54. The van der Waals surface area contributed by atoms with Crippen LogP contribution in [-0.4, -0.2) is 34.1 Å². The van der Waals surface area contributed by atoms with Crippen LogP contribution in [0.15, 0.2) is 12.3 Å². The molecule has 0 saturated heterocycles. The van der Waals surface area contributed by atoms with Gasteiger partial charge in [-0.1, -0.05) is 0 Å². The van der Waals surface area contributed by atoms with E-state index in [1.54, 1.807) is 0 Å². The Morgan fingerprint density at radius 2 is 2.29 bits per heavy atom. The molecular formula is C7H8ClF2N3O. The van der Waals surface area contributed by atoms with Crippen molar-refractivity contribution in [2.24, 2.45) is 0 Å². The summed E-state index contributed by atoms with van der Waals surface area (Å²) < 4.78 is 25.1. The fourth-order valence-electron chi connectivity index (χ4n) is 0.709. The molecule has 78 valence electrons. The van der Waals surface area contributed by atoms with Gasteiger partial charge in [0.15, 0.2) is 0 Å². The van der Waals surface area contributed by atoms with Crippen LogP contribution in [0, 0.1) is 0 Å². The van der Waals surface area contributed by atoms with Gasteiger partial charge < -0.3 is 10.4 Å². The Kier molecular flexibility index (Phi) is 3.54. The van der Waals surface area contributed by atoms with Crippen molar-refractivity contribution in [3.63, 3.8) is 0 Å². The summed E-state index contributed by atoms with van der Waals surface area (Å²) in [7, 11) is 0. The summed E-state index contributed by atoms with van der Waals surface area (Å²) in [5.74, 6) is -2.98. The molecule has 1 aromatic heterocycles. The minimum atomic E-state index is -3.17. The number of anilines is 1. The van der Waals surface area contributed by atoms with Crippen molar-refractivity contribution in [1.82, 2.24) is 9.97 Å². The Labute approximate surface area is 83.9 Å². The predicted molar refractivity (Wildman–Crippen MR) is 47.6 cm³/mol. The van der Waals surface area contributed by atoms with Gasteiger partial charge in [0, 0.05) is 6.20 Å². The van der Waals surface area contributed by atoms with Crippen molar-refractivity contribution in [3.05, 3.63) is 17.5 Å². The summed E-state index contributed by atoms with van der Waals surface area (Å²) in [5.41, 5.74) is 0. The van der Waals surface area contributed by atoms with Crippen LogP contribution < -0.4 is 5.32 Å². The average molecular weight is 224 g/mol. The van der Waals surface area contributed by atoms with E-state index in [9.17, 15) is 8.78 Å². The molecule has 0 atom stereocenters. The van der Waals surface area contributed by atoms with Crippen molar-refractivity contribution in [2.75, 3.05) is 18.5 Å². The molecule has 1 rings (SSSR count). The highest BCUT2D eigenvalue weighted by Crippen LogP contribution is 2.13. The third-order valence-electron chi connectivity index (χ3n) is 1.39. The van der Waals surface area contributed by atoms with Gasteiger partial charge >= 0.3 is 0 Å². The Hall–Kier alpha value is -1.01. The molecule has 1 heterocycles. The van der Waals surface area contributed by atoms with Gasteiger partial charge in [-0.2, -0.15) is 0 Å². The molecule has 0 bridgehead atoms. The highest BCUT2D eigenvalue weighted by Gasteiger charge is 2.27. The minimum absolute atomic E-state index is 0.0256. The number of aliphatic hydroxyl groups excluding tert-OH is 1. The van der Waals surface area contributed by atoms with Crippen molar-refractivity contribution >= 4 is 17.4 Å². The van der Waals surface area contributed by atoms with E-state index in [4.69, 9.17) is 16.7 Å². The lowest BCUT2D eigenvalue weighted by molar-refractivity contribution is -0.0373. The first-order chi connectivity index (χ1) is 6.53. The number of aliphatic hydroxyl groups is 1. The molecule has 0 unspecified atom stereocenters. The second-order valence-electron chi connectivity index (χ2n) is 2.58. The molecule has 0 aromatic carbocycles. The number of nitrogens with one attached hydrogen (secondary N) is 1. The highest BCUT2D eigenvalue weighted by atomic mass is 35.5. The second-order valence-corrected chi connectivity index (χ2v) is 2.92. The fraction of sp³-hybridized carbons (Fsp3) is 0.429. The van der Waals surface area contributed by atoms with Crippen LogP contribution in [0.2, 0.25) is 5.28 Å². The van der Waals surface area contributed by atoms with Crippen LogP contribution in [0.1, 0.15) is 0 Å². The monoisotopic (exact) mass is 223 g/mol. The molecule has 0 aliphatic heterocycles. The van der Waals surface area contributed by atoms with E-state index in [0.717, 1.165) is 0 Å². The Morgan fingerprint density at radius 3 is 2.86 bits per heavy atom. The first-order valence-electron chi connectivity index (χ1n) is 3.74. The maximum atomic E-state index is 12.6. The number of nitrogens with zero attached hydrogens (tertiary/aromatic N) is 2. The molecule has 0 amide bonds. The fourth-order valence-corrected chi connectivity index (χ4v) is 0.857. The smallest absolute Gasteiger partial charge is 0.287 e. The molecule has 0 saturated carbocycles.